The summed E-state index contributed by atoms with van der Waals surface area (Å²) in [4.78, 5) is 0. The quantitative estimate of drug-likeness (QED) is 0.830. The van der Waals surface area contributed by atoms with Crippen LogP contribution in [0.15, 0.2) is 34.8 Å². The molecule has 0 spiro atoms. The van der Waals surface area contributed by atoms with Gasteiger partial charge in [-0.05, 0) is 52.7 Å². The SMILES string of the molecule is COc1cc(Nc2cc(C)c(F)cc2N)ccc1Br. The van der Waals surface area contributed by atoms with Crippen LogP contribution in [0, 0.1) is 12.7 Å². The largest absolute Gasteiger partial charge is 0.495 e. The van der Waals surface area contributed by atoms with Crippen molar-refractivity contribution in [3.05, 3.63) is 46.2 Å². The van der Waals surface area contributed by atoms with Gasteiger partial charge in [-0.15, -0.1) is 0 Å². The molecule has 0 heterocycles. The van der Waals surface area contributed by atoms with Crippen LogP contribution in [0.2, 0.25) is 0 Å². The van der Waals surface area contributed by atoms with E-state index >= 15 is 0 Å². The molecule has 0 saturated heterocycles. The summed E-state index contributed by atoms with van der Waals surface area (Å²) in [7, 11) is 1.60. The topological polar surface area (TPSA) is 47.3 Å². The molecule has 5 heteroatoms. The Hall–Kier alpha value is -1.75. The van der Waals surface area contributed by atoms with E-state index in [0.29, 0.717) is 22.7 Å². The number of rotatable bonds is 3. The van der Waals surface area contributed by atoms with E-state index in [2.05, 4.69) is 21.2 Å². The number of halogens is 2. The Morgan fingerprint density at radius 2 is 2.00 bits per heavy atom. The summed E-state index contributed by atoms with van der Waals surface area (Å²) in [5.74, 6) is 0.402. The van der Waals surface area contributed by atoms with Crippen LogP contribution in [0.1, 0.15) is 5.56 Å². The zero-order valence-electron chi connectivity index (χ0n) is 10.6. The molecule has 3 nitrogen and oxygen atoms in total. The van der Waals surface area contributed by atoms with Crippen molar-refractivity contribution in [3.63, 3.8) is 0 Å². The number of nitrogen functional groups attached to an aromatic ring is 1. The van der Waals surface area contributed by atoms with Gasteiger partial charge in [0, 0.05) is 11.8 Å². The summed E-state index contributed by atoms with van der Waals surface area (Å²) < 4.78 is 19.4. The van der Waals surface area contributed by atoms with E-state index in [-0.39, 0.29) is 5.82 Å². The fourth-order valence-corrected chi connectivity index (χ4v) is 2.11. The molecule has 0 fully saturated rings. The van der Waals surface area contributed by atoms with Crippen molar-refractivity contribution in [2.24, 2.45) is 0 Å². The van der Waals surface area contributed by atoms with Gasteiger partial charge in [-0.2, -0.15) is 0 Å². The second kappa shape index (κ2) is 5.48. The highest BCUT2D eigenvalue weighted by Crippen LogP contribution is 2.31. The van der Waals surface area contributed by atoms with Crippen LogP contribution >= 0.6 is 15.9 Å². The van der Waals surface area contributed by atoms with Crippen molar-refractivity contribution in [1.82, 2.24) is 0 Å². The van der Waals surface area contributed by atoms with E-state index in [0.717, 1.165) is 10.2 Å². The molecule has 0 aliphatic heterocycles. The smallest absolute Gasteiger partial charge is 0.135 e. The van der Waals surface area contributed by atoms with Crippen LogP contribution in [0.5, 0.6) is 5.75 Å². The zero-order valence-corrected chi connectivity index (χ0v) is 12.2. The van der Waals surface area contributed by atoms with Gasteiger partial charge >= 0.3 is 0 Å². The van der Waals surface area contributed by atoms with Crippen molar-refractivity contribution in [2.45, 2.75) is 6.92 Å². The summed E-state index contributed by atoms with van der Waals surface area (Å²) >= 11 is 3.38. The maximum atomic E-state index is 13.3. The van der Waals surface area contributed by atoms with Gasteiger partial charge in [-0.3, -0.25) is 0 Å². The Bertz CT molecular complexity index is 617. The maximum absolute atomic E-state index is 13.3. The second-order valence-electron chi connectivity index (χ2n) is 4.16. The minimum absolute atomic E-state index is 0.309. The van der Waals surface area contributed by atoms with Gasteiger partial charge in [0.1, 0.15) is 11.6 Å². The highest BCUT2D eigenvalue weighted by atomic mass is 79.9. The number of hydrogen-bond donors (Lipinski definition) is 2. The highest BCUT2D eigenvalue weighted by molar-refractivity contribution is 9.10. The Balaban J connectivity index is 2.33. The van der Waals surface area contributed by atoms with Gasteiger partial charge in [0.05, 0.1) is 23.0 Å². The van der Waals surface area contributed by atoms with Crippen molar-refractivity contribution in [1.29, 1.82) is 0 Å². The van der Waals surface area contributed by atoms with Gasteiger partial charge in [-0.1, -0.05) is 0 Å². The minimum Gasteiger partial charge on any atom is -0.495 e. The molecule has 0 atom stereocenters. The molecule has 3 N–H and O–H groups in total. The molecule has 0 aliphatic rings. The summed E-state index contributed by atoms with van der Waals surface area (Å²) in [5.41, 5.74) is 8.19. The standard InChI is InChI=1S/C14H14BrFN2O/c1-8-5-13(12(17)7-11(8)16)18-9-3-4-10(15)14(6-9)19-2/h3-7,18H,17H2,1-2H3. The van der Waals surface area contributed by atoms with Crippen LogP contribution in [0.25, 0.3) is 0 Å². The number of nitrogens with two attached hydrogens (primary N) is 1. The Morgan fingerprint density at radius 1 is 1.26 bits per heavy atom. The first kappa shape index (κ1) is 13.7. The Morgan fingerprint density at radius 3 is 2.68 bits per heavy atom. The average molecular weight is 325 g/mol. The van der Waals surface area contributed by atoms with Gasteiger partial charge in [0.2, 0.25) is 0 Å². The monoisotopic (exact) mass is 324 g/mol. The first-order valence-electron chi connectivity index (χ1n) is 5.67. The third-order valence-electron chi connectivity index (χ3n) is 2.76. The lowest BCUT2D eigenvalue weighted by Crippen LogP contribution is -1.99. The molecule has 0 aromatic heterocycles. The molecule has 100 valence electrons. The minimum atomic E-state index is -0.309. The fraction of sp³-hybridized carbons (Fsp3) is 0.143. The van der Waals surface area contributed by atoms with Crippen LogP contribution in [-0.2, 0) is 0 Å². The fourth-order valence-electron chi connectivity index (χ4n) is 1.70. The third kappa shape index (κ3) is 2.98. The van der Waals surface area contributed by atoms with E-state index in [4.69, 9.17) is 10.5 Å². The summed E-state index contributed by atoms with van der Waals surface area (Å²) in [6.07, 6.45) is 0. The van der Waals surface area contributed by atoms with Gasteiger partial charge in [-0.25, -0.2) is 4.39 Å². The summed E-state index contributed by atoms with van der Waals surface area (Å²) in [6.45, 7) is 1.70. The Labute approximate surface area is 119 Å². The number of aryl methyl sites for hydroxylation is 1. The number of hydrogen-bond acceptors (Lipinski definition) is 3. The van der Waals surface area contributed by atoms with Gasteiger partial charge in [0.15, 0.2) is 0 Å². The number of ether oxygens (including phenoxy) is 1. The lowest BCUT2D eigenvalue weighted by atomic mass is 10.1. The molecule has 2 aromatic carbocycles. The molecular weight excluding hydrogens is 311 g/mol. The number of anilines is 3. The highest BCUT2D eigenvalue weighted by Gasteiger charge is 2.07. The zero-order chi connectivity index (χ0) is 14.0. The molecule has 2 rings (SSSR count). The van der Waals surface area contributed by atoms with Crippen molar-refractivity contribution in [3.8, 4) is 5.75 Å². The molecular formula is C14H14BrFN2O. The first-order valence-corrected chi connectivity index (χ1v) is 6.46. The van der Waals surface area contributed by atoms with E-state index in [1.165, 1.54) is 6.07 Å². The Kier molecular flexibility index (Phi) is 3.95. The number of nitrogens with one attached hydrogen (secondary N) is 1. The molecule has 0 saturated carbocycles. The van der Waals surface area contributed by atoms with Crippen molar-refractivity contribution < 1.29 is 9.13 Å². The van der Waals surface area contributed by atoms with E-state index < -0.39 is 0 Å². The first-order chi connectivity index (χ1) is 9.01. The van der Waals surface area contributed by atoms with Crippen LogP contribution < -0.4 is 15.8 Å². The predicted molar refractivity (Wildman–Crippen MR) is 79.5 cm³/mol. The molecule has 0 amide bonds. The molecule has 19 heavy (non-hydrogen) atoms. The summed E-state index contributed by atoms with van der Waals surface area (Å²) in [6, 6.07) is 8.58. The van der Waals surface area contributed by atoms with Gasteiger partial charge < -0.3 is 15.8 Å². The number of benzene rings is 2. The lowest BCUT2D eigenvalue weighted by molar-refractivity contribution is 0.412. The van der Waals surface area contributed by atoms with Crippen LogP contribution in [0.3, 0.4) is 0 Å². The van der Waals surface area contributed by atoms with E-state index in [9.17, 15) is 4.39 Å². The molecule has 0 radical (unpaired) electrons. The molecule has 0 unspecified atom stereocenters. The van der Waals surface area contributed by atoms with Crippen molar-refractivity contribution >= 4 is 33.0 Å². The molecule has 0 aliphatic carbocycles. The van der Waals surface area contributed by atoms with Crippen LogP contribution in [0.4, 0.5) is 21.5 Å². The average Bonchev–Trinajstić information content (AvgIpc) is 2.38. The lowest BCUT2D eigenvalue weighted by Gasteiger charge is -2.12. The van der Waals surface area contributed by atoms with Crippen molar-refractivity contribution in [2.75, 3.05) is 18.2 Å². The van der Waals surface area contributed by atoms with E-state index in [1.54, 1.807) is 20.1 Å². The molecule has 0 bridgehead atoms. The van der Waals surface area contributed by atoms with Gasteiger partial charge in [0.25, 0.3) is 0 Å². The molecule has 2 aromatic rings. The van der Waals surface area contributed by atoms with E-state index in [1.807, 2.05) is 18.2 Å². The normalized spacial score (nSPS) is 10.3. The van der Waals surface area contributed by atoms with Crippen LogP contribution in [-0.4, -0.2) is 7.11 Å². The second-order valence-corrected chi connectivity index (χ2v) is 5.02. The maximum Gasteiger partial charge on any atom is 0.135 e. The third-order valence-corrected chi connectivity index (χ3v) is 3.42. The number of methoxy groups -OCH3 is 1. The summed E-state index contributed by atoms with van der Waals surface area (Å²) in [5, 5.41) is 3.15. The predicted octanol–water partition coefficient (Wildman–Crippen LogP) is 4.23.